The molecule has 3 aromatic carbocycles. The fraction of sp³-hybridized carbons (Fsp3) is 0.125. The molecule has 3 aromatic rings. The van der Waals surface area contributed by atoms with Gasteiger partial charge in [-0.05, 0) is 40.8 Å². The topological polar surface area (TPSA) is 29.1 Å². The minimum Gasteiger partial charge on any atom is -0.322 e. The molecule has 27 heavy (non-hydrogen) atoms. The van der Waals surface area contributed by atoms with Gasteiger partial charge in [-0.15, -0.1) is 0 Å². The SMILES string of the molecule is CC(C)c1ccccc1NC(=O)/C(=C/c1ccccc1Cl)c1ccccc1. The quantitative estimate of drug-likeness (QED) is 0.393. The van der Waals surface area contributed by atoms with Crippen LogP contribution in [0.15, 0.2) is 78.9 Å². The van der Waals surface area contributed by atoms with Gasteiger partial charge in [0.25, 0.3) is 5.91 Å². The normalized spacial score (nSPS) is 11.5. The van der Waals surface area contributed by atoms with E-state index in [9.17, 15) is 4.79 Å². The van der Waals surface area contributed by atoms with E-state index in [2.05, 4.69) is 19.2 Å². The Hall–Kier alpha value is -2.84. The van der Waals surface area contributed by atoms with Crippen LogP contribution in [0.25, 0.3) is 11.6 Å². The second-order valence-electron chi connectivity index (χ2n) is 6.64. The third-order valence-electron chi connectivity index (χ3n) is 4.37. The maximum absolute atomic E-state index is 13.2. The largest absolute Gasteiger partial charge is 0.322 e. The number of halogens is 1. The molecular weight excluding hydrogens is 354 g/mol. The van der Waals surface area contributed by atoms with E-state index < -0.39 is 0 Å². The third-order valence-corrected chi connectivity index (χ3v) is 4.71. The summed E-state index contributed by atoms with van der Waals surface area (Å²) in [5.74, 6) is 0.156. The second-order valence-corrected chi connectivity index (χ2v) is 7.05. The Labute approximate surface area is 165 Å². The standard InChI is InChI=1S/C24H22ClNO/c1-17(2)20-13-7-9-15-23(20)26-24(27)21(18-10-4-3-5-11-18)16-19-12-6-8-14-22(19)25/h3-17H,1-2H3,(H,26,27)/b21-16+. The fourth-order valence-corrected chi connectivity index (χ4v) is 3.14. The van der Waals surface area contributed by atoms with Crippen molar-refractivity contribution in [2.75, 3.05) is 5.32 Å². The van der Waals surface area contributed by atoms with Gasteiger partial charge in [0.05, 0.1) is 0 Å². The molecular formula is C24H22ClNO. The summed E-state index contributed by atoms with van der Waals surface area (Å²) in [7, 11) is 0. The smallest absolute Gasteiger partial charge is 0.256 e. The predicted octanol–water partition coefficient (Wildman–Crippen LogP) is 6.64. The van der Waals surface area contributed by atoms with Crippen molar-refractivity contribution in [2.24, 2.45) is 0 Å². The van der Waals surface area contributed by atoms with Gasteiger partial charge in [-0.25, -0.2) is 0 Å². The molecule has 136 valence electrons. The predicted molar refractivity (Wildman–Crippen MR) is 115 cm³/mol. The van der Waals surface area contributed by atoms with Gasteiger partial charge in [0.15, 0.2) is 0 Å². The Morgan fingerprint density at radius 2 is 1.52 bits per heavy atom. The summed E-state index contributed by atoms with van der Waals surface area (Å²) < 4.78 is 0. The van der Waals surface area contributed by atoms with Gasteiger partial charge in [0, 0.05) is 16.3 Å². The van der Waals surface area contributed by atoms with Gasteiger partial charge in [-0.2, -0.15) is 0 Å². The average Bonchev–Trinajstić information content (AvgIpc) is 2.68. The molecule has 0 bridgehead atoms. The minimum atomic E-state index is -0.158. The molecule has 1 N–H and O–H groups in total. The summed E-state index contributed by atoms with van der Waals surface area (Å²) in [6, 6.07) is 25.0. The van der Waals surface area contributed by atoms with Gasteiger partial charge in [-0.1, -0.05) is 92.2 Å². The monoisotopic (exact) mass is 375 g/mol. The van der Waals surface area contributed by atoms with Gasteiger partial charge >= 0.3 is 0 Å². The van der Waals surface area contributed by atoms with Gasteiger partial charge in [0.1, 0.15) is 0 Å². The van der Waals surface area contributed by atoms with E-state index in [1.165, 1.54) is 0 Å². The van der Waals surface area contributed by atoms with E-state index in [-0.39, 0.29) is 5.91 Å². The van der Waals surface area contributed by atoms with E-state index in [0.29, 0.717) is 16.5 Å². The number of carbonyl (C=O) groups is 1. The number of nitrogens with one attached hydrogen (secondary N) is 1. The summed E-state index contributed by atoms with van der Waals surface area (Å²) in [5.41, 5.74) is 4.17. The number of anilines is 1. The molecule has 0 spiro atoms. The maximum atomic E-state index is 13.2. The molecule has 0 fully saturated rings. The summed E-state index contributed by atoms with van der Waals surface area (Å²) >= 11 is 6.31. The number of rotatable bonds is 5. The Morgan fingerprint density at radius 1 is 0.889 bits per heavy atom. The van der Waals surface area contributed by atoms with Crippen LogP contribution >= 0.6 is 11.6 Å². The Kier molecular flexibility index (Phi) is 6.10. The van der Waals surface area contributed by atoms with Gasteiger partial charge < -0.3 is 5.32 Å². The summed E-state index contributed by atoms with van der Waals surface area (Å²) in [6.45, 7) is 4.23. The molecule has 0 saturated carbocycles. The molecule has 3 heteroatoms. The first-order chi connectivity index (χ1) is 13.1. The first-order valence-corrected chi connectivity index (χ1v) is 9.36. The van der Waals surface area contributed by atoms with Crippen molar-refractivity contribution in [2.45, 2.75) is 19.8 Å². The van der Waals surface area contributed by atoms with Crippen molar-refractivity contribution < 1.29 is 4.79 Å². The van der Waals surface area contributed by atoms with Crippen LogP contribution in [0.4, 0.5) is 5.69 Å². The lowest BCUT2D eigenvalue weighted by Gasteiger charge is -2.15. The number of para-hydroxylation sites is 1. The molecule has 1 amide bonds. The van der Waals surface area contributed by atoms with Crippen LogP contribution in [-0.2, 0) is 4.79 Å². The summed E-state index contributed by atoms with van der Waals surface area (Å²) in [5, 5.41) is 3.69. The number of carbonyl (C=O) groups excluding carboxylic acids is 1. The van der Waals surface area contributed by atoms with E-state index in [4.69, 9.17) is 11.6 Å². The Balaban J connectivity index is 2.02. The summed E-state index contributed by atoms with van der Waals surface area (Å²) in [4.78, 5) is 13.2. The highest BCUT2D eigenvalue weighted by molar-refractivity contribution is 6.34. The average molecular weight is 376 g/mol. The zero-order valence-electron chi connectivity index (χ0n) is 15.4. The van der Waals surface area contributed by atoms with Crippen molar-refractivity contribution in [3.05, 3.63) is 101 Å². The van der Waals surface area contributed by atoms with Crippen LogP contribution in [0.5, 0.6) is 0 Å². The third kappa shape index (κ3) is 4.66. The molecule has 2 nitrogen and oxygen atoms in total. The minimum absolute atomic E-state index is 0.158. The number of hydrogen-bond acceptors (Lipinski definition) is 1. The molecule has 0 aliphatic heterocycles. The highest BCUT2D eigenvalue weighted by Crippen LogP contribution is 2.27. The number of hydrogen-bond donors (Lipinski definition) is 1. The Morgan fingerprint density at radius 3 is 2.22 bits per heavy atom. The molecule has 0 heterocycles. The van der Waals surface area contributed by atoms with Crippen LogP contribution in [0.1, 0.15) is 36.5 Å². The van der Waals surface area contributed by atoms with Crippen molar-refractivity contribution in [1.82, 2.24) is 0 Å². The lowest BCUT2D eigenvalue weighted by molar-refractivity contribution is -0.111. The number of amides is 1. The zero-order valence-corrected chi connectivity index (χ0v) is 16.2. The molecule has 0 aliphatic rings. The first kappa shape index (κ1) is 18.9. The fourth-order valence-electron chi connectivity index (χ4n) is 2.95. The molecule has 0 aliphatic carbocycles. The highest BCUT2D eigenvalue weighted by atomic mass is 35.5. The van der Waals surface area contributed by atoms with E-state index in [1.807, 2.05) is 84.9 Å². The van der Waals surface area contributed by atoms with Crippen LogP contribution in [0, 0.1) is 0 Å². The summed E-state index contributed by atoms with van der Waals surface area (Å²) in [6.07, 6.45) is 1.84. The molecule has 0 aromatic heterocycles. The highest BCUT2D eigenvalue weighted by Gasteiger charge is 2.15. The van der Waals surface area contributed by atoms with Crippen LogP contribution in [0.3, 0.4) is 0 Å². The van der Waals surface area contributed by atoms with Crippen LogP contribution < -0.4 is 5.32 Å². The zero-order chi connectivity index (χ0) is 19.2. The van der Waals surface area contributed by atoms with E-state index in [1.54, 1.807) is 0 Å². The van der Waals surface area contributed by atoms with Crippen molar-refractivity contribution in [3.63, 3.8) is 0 Å². The van der Waals surface area contributed by atoms with Gasteiger partial charge in [0.2, 0.25) is 0 Å². The van der Waals surface area contributed by atoms with Crippen LogP contribution in [-0.4, -0.2) is 5.91 Å². The number of benzene rings is 3. The van der Waals surface area contributed by atoms with Crippen LogP contribution in [0.2, 0.25) is 5.02 Å². The first-order valence-electron chi connectivity index (χ1n) is 8.98. The van der Waals surface area contributed by atoms with Gasteiger partial charge in [-0.3, -0.25) is 4.79 Å². The molecule has 0 atom stereocenters. The lowest BCUT2D eigenvalue weighted by Crippen LogP contribution is -2.15. The molecule has 0 unspecified atom stereocenters. The van der Waals surface area contributed by atoms with E-state index in [0.717, 1.165) is 22.4 Å². The van der Waals surface area contributed by atoms with E-state index >= 15 is 0 Å². The molecule has 3 rings (SSSR count). The molecule has 0 saturated heterocycles. The second kappa shape index (κ2) is 8.70. The maximum Gasteiger partial charge on any atom is 0.256 e. The lowest BCUT2D eigenvalue weighted by atomic mass is 9.99. The Bertz CT molecular complexity index is 961. The molecule has 0 radical (unpaired) electrons. The van der Waals surface area contributed by atoms with Crippen molar-refractivity contribution >= 4 is 34.8 Å². The van der Waals surface area contributed by atoms with Crippen molar-refractivity contribution in [3.8, 4) is 0 Å². The van der Waals surface area contributed by atoms with Crippen molar-refractivity contribution in [1.29, 1.82) is 0 Å².